The fourth-order valence-electron chi connectivity index (χ4n) is 2.10. The predicted octanol–water partition coefficient (Wildman–Crippen LogP) is 4.35. The lowest BCUT2D eigenvalue weighted by atomic mass is 9.87. The SMILES string of the molecule is CCC(CC)CC(CO)c1cccc(Br)c1. The van der Waals surface area contributed by atoms with Crippen molar-refractivity contribution in [1.82, 2.24) is 0 Å². The van der Waals surface area contributed by atoms with Crippen LogP contribution in [-0.2, 0) is 0 Å². The molecule has 0 saturated heterocycles. The molecule has 0 spiro atoms. The molecule has 1 rings (SSSR count). The third-order valence-corrected chi connectivity index (χ3v) is 3.81. The number of hydrogen-bond acceptors (Lipinski definition) is 1. The first-order valence-corrected chi connectivity index (χ1v) is 6.86. The summed E-state index contributed by atoms with van der Waals surface area (Å²) in [4.78, 5) is 0. The summed E-state index contributed by atoms with van der Waals surface area (Å²) >= 11 is 3.48. The normalized spacial score (nSPS) is 13.1. The van der Waals surface area contributed by atoms with Gasteiger partial charge in [-0.05, 0) is 30.0 Å². The predicted molar refractivity (Wildman–Crippen MR) is 72.7 cm³/mol. The van der Waals surface area contributed by atoms with E-state index in [2.05, 4.69) is 41.9 Å². The van der Waals surface area contributed by atoms with Crippen LogP contribution in [0.15, 0.2) is 28.7 Å². The molecular formula is C14H21BrO. The van der Waals surface area contributed by atoms with Gasteiger partial charge in [-0.2, -0.15) is 0 Å². The van der Waals surface area contributed by atoms with E-state index in [9.17, 15) is 5.11 Å². The van der Waals surface area contributed by atoms with Gasteiger partial charge in [0.05, 0.1) is 0 Å². The summed E-state index contributed by atoms with van der Waals surface area (Å²) in [5, 5.41) is 9.49. The molecule has 1 aromatic carbocycles. The van der Waals surface area contributed by atoms with Crippen LogP contribution in [0, 0.1) is 5.92 Å². The minimum Gasteiger partial charge on any atom is -0.396 e. The number of halogens is 1. The van der Waals surface area contributed by atoms with E-state index in [1.807, 2.05) is 12.1 Å². The molecule has 16 heavy (non-hydrogen) atoms. The van der Waals surface area contributed by atoms with E-state index < -0.39 is 0 Å². The molecule has 2 heteroatoms. The van der Waals surface area contributed by atoms with Gasteiger partial charge in [0.1, 0.15) is 0 Å². The third kappa shape index (κ3) is 3.91. The van der Waals surface area contributed by atoms with Gasteiger partial charge >= 0.3 is 0 Å². The second-order valence-corrected chi connectivity index (χ2v) is 5.27. The average Bonchev–Trinajstić information content (AvgIpc) is 2.31. The maximum atomic E-state index is 9.49. The second-order valence-electron chi connectivity index (χ2n) is 4.35. The van der Waals surface area contributed by atoms with Crippen molar-refractivity contribution in [3.05, 3.63) is 34.3 Å². The van der Waals surface area contributed by atoms with Crippen molar-refractivity contribution < 1.29 is 5.11 Å². The van der Waals surface area contributed by atoms with Crippen molar-refractivity contribution in [2.45, 2.75) is 39.0 Å². The molecule has 90 valence electrons. The van der Waals surface area contributed by atoms with Gasteiger partial charge < -0.3 is 5.11 Å². The number of hydrogen-bond donors (Lipinski definition) is 1. The second kappa shape index (κ2) is 7.08. The Morgan fingerprint density at radius 1 is 1.25 bits per heavy atom. The topological polar surface area (TPSA) is 20.2 Å². The molecular weight excluding hydrogens is 264 g/mol. The molecule has 1 aromatic rings. The van der Waals surface area contributed by atoms with Crippen LogP contribution < -0.4 is 0 Å². The lowest BCUT2D eigenvalue weighted by Crippen LogP contribution is -2.10. The Hall–Kier alpha value is -0.340. The molecule has 0 aliphatic heterocycles. The molecule has 1 nitrogen and oxygen atoms in total. The van der Waals surface area contributed by atoms with Crippen molar-refractivity contribution in [3.63, 3.8) is 0 Å². The van der Waals surface area contributed by atoms with Crippen LogP contribution in [0.2, 0.25) is 0 Å². The summed E-state index contributed by atoms with van der Waals surface area (Å²) in [5.74, 6) is 0.999. The van der Waals surface area contributed by atoms with Crippen molar-refractivity contribution in [3.8, 4) is 0 Å². The Morgan fingerprint density at radius 3 is 2.44 bits per heavy atom. The maximum absolute atomic E-state index is 9.49. The summed E-state index contributed by atoms with van der Waals surface area (Å²) in [6, 6.07) is 8.28. The van der Waals surface area contributed by atoms with Crippen LogP contribution in [0.25, 0.3) is 0 Å². The highest BCUT2D eigenvalue weighted by molar-refractivity contribution is 9.10. The molecule has 0 heterocycles. The lowest BCUT2D eigenvalue weighted by molar-refractivity contribution is 0.240. The number of rotatable bonds is 6. The van der Waals surface area contributed by atoms with Crippen LogP contribution in [0.1, 0.15) is 44.6 Å². The van der Waals surface area contributed by atoms with Crippen LogP contribution in [0.3, 0.4) is 0 Å². The largest absolute Gasteiger partial charge is 0.396 e. The molecule has 1 N–H and O–H groups in total. The molecule has 0 fully saturated rings. The van der Waals surface area contributed by atoms with Gasteiger partial charge in [-0.3, -0.25) is 0 Å². The molecule has 0 bridgehead atoms. The number of aliphatic hydroxyl groups excluding tert-OH is 1. The lowest BCUT2D eigenvalue weighted by Gasteiger charge is -2.20. The van der Waals surface area contributed by atoms with Gasteiger partial charge in [0.2, 0.25) is 0 Å². The molecule has 0 aliphatic carbocycles. The number of benzene rings is 1. The zero-order chi connectivity index (χ0) is 12.0. The summed E-state index contributed by atoms with van der Waals surface area (Å²) < 4.78 is 1.09. The summed E-state index contributed by atoms with van der Waals surface area (Å²) in [6.07, 6.45) is 3.47. The van der Waals surface area contributed by atoms with Gasteiger partial charge in [0.25, 0.3) is 0 Å². The molecule has 0 aromatic heterocycles. The monoisotopic (exact) mass is 284 g/mol. The first-order chi connectivity index (χ1) is 7.71. The average molecular weight is 285 g/mol. The van der Waals surface area contributed by atoms with Crippen LogP contribution in [-0.4, -0.2) is 11.7 Å². The Morgan fingerprint density at radius 2 is 1.94 bits per heavy atom. The Bertz CT molecular complexity index is 307. The smallest absolute Gasteiger partial charge is 0.0499 e. The van der Waals surface area contributed by atoms with Crippen LogP contribution in [0.4, 0.5) is 0 Å². The molecule has 1 unspecified atom stereocenters. The molecule has 0 radical (unpaired) electrons. The highest BCUT2D eigenvalue weighted by Gasteiger charge is 2.15. The van der Waals surface area contributed by atoms with Gasteiger partial charge in [-0.1, -0.05) is 54.8 Å². The standard InChI is InChI=1S/C14H21BrO/c1-3-11(4-2)8-13(10-16)12-6-5-7-14(15)9-12/h5-7,9,11,13,16H,3-4,8,10H2,1-2H3. The zero-order valence-electron chi connectivity index (χ0n) is 10.1. The van der Waals surface area contributed by atoms with E-state index in [4.69, 9.17) is 0 Å². The fraction of sp³-hybridized carbons (Fsp3) is 0.571. The van der Waals surface area contributed by atoms with E-state index >= 15 is 0 Å². The molecule has 1 atom stereocenters. The van der Waals surface area contributed by atoms with Gasteiger partial charge in [-0.15, -0.1) is 0 Å². The van der Waals surface area contributed by atoms with Crippen LogP contribution >= 0.6 is 15.9 Å². The minimum absolute atomic E-state index is 0.243. The van der Waals surface area contributed by atoms with Crippen molar-refractivity contribution >= 4 is 15.9 Å². The number of aliphatic hydroxyl groups is 1. The van der Waals surface area contributed by atoms with Crippen molar-refractivity contribution in [2.75, 3.05) is 6.61 Å². The molecule has 0 aliphatic rings. The first-order valence-electron chi connectivity index (χ1n) is 6.07. The van der Waals surface area contributed by atoms with E-state index in [0.717, 1.165) is 16.8 Å². The van der Waals surface area contributed by atoms with Gasteiger partial charge in [0, 0.05) is 17.0 Å². The van der Waals surface area contributed by atoms with Gasteiger partial charge in [0.15, 0.2) is 0 Å². The van der Waals surface area contributed by atoms with E-state index in [1.165, 1.54) is 18.4 Å². The third-order valence-electron chi connectivity index (χ3n) is 3.31. The van der Waals surface area contributed by atoms with Crippen LogP contribution in [0.5, 0.6) is 0 Å². The van der Waals surface area contributed by atoms with Crippen molar-refractivity contribution in [1.29, 1.82) is 0 Å². The first kappa shape index (κ1) is 13.7. The highest BCUT2D eigenvalue weighted by atomic mass is 79.9. The minimum atomic E-state index is 0.243. The molecule has 0 saturated carbocycles. The summed E-state index contributed by atoms with van der Waals surface area (Å²) in [7, 11) is 0. The van der Waals surface area contributed by atoms with E-state index in [1.54, 1.807) is 0 Å². The van der Waals surface area contributed by atoms with E-state index in [0.29, 0.717) is 0 Å². The Balaban J connectivity index is 2.74. The fourth-order valence-corrected chi connectivity index (χ4v) is 2.52. The Kier molecular flexibility index (Phi) is 6.07. The Labute approximate surface area is 107 Å². The summed E-state index contributed by atoms with van der Waals surface area (Å²) in [6.45, 7) is 4.69. The molecule has 0 amide bonds. The summed E-state index contributed by atoms with van der Waals surface area (Å²) in [5.41, 5.74) is 1.24. The maximum Gasteiger partial charge on any atom is 0.0499 e. The zero-order valence-corrected chi connectivity index (χ0v) is 11.7. The van der Waals surface area contributed by atoms with E-state index in [-0.39, 0.29) is 12.5 Å². The van der Waals surface area contributed by atoms with Gasteiger partial charge in [-0.25, -0.2) is 0 Å². The highest BCUT2D eigenvalue weighted by Crippen LogP contribution is 2.28. The quantitative estimate of drug-likeness (QED) is 0.823. The van der Waals surface area contributed by atoms with Crippen molar-refractivity contribution in [2.24, 2.45) is 5.92 Å².